The zero-order chi connectivity index (χ0) is 15.4. The third-order valence-corrected chi connectivity index (χ3v) is 3.81. The van der Waals surface area contributed by atoms with E-state index in [1.807, 2.05) is 48.9 Å². The van der Waals surface area contributed by atoms with Crippen LogP contribution in [0, 0.1) is 5.92 Å². The van der Waals surface area contributed by atoms with Crippen LogP contribution >= 0.6 is 11.8 Å². The molecule has 0 aliphatic heterocycles. The smallest absolute Gasteiger partial charge is 0.272 e. The number of hydrogen-bond donors (Lipinski definition) is 2. The summed E-state index contributed by atoms with van der Waals surface area (Å²) in [5.74, 6) is 0.148. The summed E-state index contributed by atoms with van der Waals surface area (Å²) in [7, 11) is 0. The van der Waals surface area contributed by atoms with Crippen LogP contribution in [0.2, 0.25) is 0 Å². The van der Waals surface area contributed by atoms with Crippen molar-refractivity contribution in [2.24, 2.45) is 5.92 Å². The number of nitrogens with one attached hydrogen (secondary N) is 1. The van der Waals surface area contributed by atoms with Crippen LogP contribution in [-0.2, 0) is 0 Å². The third kappa shape index (κ3) is 3.77. The monoisotopic (exact) mass is 307 g/mol. The average molecular weight is 307 g/mol. The van der Waals surface area contributed by atoms with Gasteiger partial charge in [0.05, 0.1) is 11.6 Å². The molecule has 0 fully saturated rings. The summed E-state index contributed by atoms with van der Waals surface area (Å²) in [6.45, 7) is 4.33. The number of aliphatic hydroxyl groups is 1. The lowest BCUT2D eigenvalue weighted by atomic mass is 10.1. The first-order valence-corrected chi connectivity index (χ1v) is 8.22. The molecule has 0 bridgehead atoms. The van der Waals surface area contributed by atoms with E-state index in [4.69, 9.17) is 0 Å². The molecule has 0 saturated heterocycles. The van der Waals surface area contributed by atoms with E-state index in [1.54, 1.807) is 0 Å². The third-order valence-electron chi connectivity index (χ3n) is 3.16. The number of thioether (sulfide) groups is 1. The van der Waals surface area contributed by atoms with Crippen molar-refractivity contribution in [2.75, 3.05) is 12.8 Å². The summed E-state index contributed by atoms with van der Waals surface area (Å²) in [6.07, 6.45) is 3.96. The van der Waals surface area contributed by atoms with E-state index in [1.165, 1.54) is 11.8 Å². The number of nitrogens with zero attached hydrogens (tertiary/aromatic N) is 2. The zero-order valence-electron chi connectivity index (χ0n) is 12.5. The number of amides is 1. The highest BCUT2D eigenvalue weighted by molar-refractivity contribution is 7.98. The van der Waals surface area contributed by atoms with Crippen LogP contribution in [0.25, 0.3) is 5.52 Å². The van der Waals surface area contributed by atoms with Gasteiger partial charge in [-0.1, -0.05) is 31.7 Å². The minimum atomic E-state index is -0.525. The van der Waals surface area contributed by atoms with Crippen molar-refractivity contribution in [1.82, 2.24) is 14.7 Å². The maximum atomic E-state index is 12.3. The van der Waals surface area contributed by atoms with Crippen LogP contribution in [0.3, 0.4) is 0 Å². The van der Waals surface area contributed by atoms with Gasteiger partial charge in [0.25, 0.3) is 5.91 Å². The molecule has 0 radical (unpaired) electrons. The van der Waals surface area contributed by atoms with Crippen LogP contribution in [-0.4, -0.2) is 39.3 Å². The normalized spacial score (nSPS) is 12.8. The molecule has 1 amide bonds. The molecule has 0 aromatic carbocycles. The fourth-order valence-corrected chi connectivity index (χ4v) is 2.78. The van der Waals surface area contributed by atoms with E-state index < -0.39 is 6.10 Å². The number of imidazole rings is 1. The predicted molar refractivity (Wildman–Crippen MR) is 84.8 cm³/mol. The van der Waals surface area contributed by atoms with Crippen LogP contribution < -0.4 is 5.32 Å². The number of rotatable bonds is 6. The molecule has 0 aliphatic rings. The van der Waals surface area contributed by atoms with Crippen molar-refractivity contribution in [3.8, 4) is 0 Å². The molecule has 2 aromatic rings. The lowest BCUT2D eigenvalue weighted by molar-refractivity contribution is 0.0897. The number of hydrogen-bond acceptors (Lipinski definition) is 4. The Labute approximate surface area is 128 Å². The van der Waals surface area contributed by atoms with Crippen LogP contribution in [0.5, 0.6) is 0 Å². The number of carbonyl (C=O) groups is 1. The molecule has 1 unspecified atom stereocenters. The molecule has 0 aliphatic carbocycles. The Morgan fingerprint density at radius 1 is 1.48 bits per heavy atom. The quantitative estimate of drug-likeness (QED) is 0.803. The van der Waals surface area contributed by atoms with E-state index in [0.717, 1.165) is 10.7 Å². The number of fused-ring (bicyclic) bond motifs is 1. The Hall–Kier alpha value is -1.53. The van der Waals surface area contributed by atoms with E-state index in [-0.39, 0.29) is 12.5 Å². The maximum Gasteiger partial charge on any atom is 0.272 e. The van der Waals surface area contributed by atoms with Gasteiger partial charge in [0.1, 0.15) is 0 Å². The number of aromatic nitrogens is 2. The van der Waals surface area contributed by atoms with Gasteiger partial charge < -0.3 is 10.4 Å². The maximum absolute atomic E-state index is 12.3. The van der Waals surface area contributed by atoms with Crippen molar-refractivity contribution in [2.45, 2.75) is 31.5 Å². The molecular weight excluding hydrogens is 286 g/mol. The van der Waals surface area contributed by atoms with Gasteiger partial charge in [-0.25, -0.2) is 4.98 Å². The van der Waals surface area contributed by atoms with Crippen LogP contribution in [0.4, 0.5) is 0 Å². The van der Waals surface area contributed by atoms with E-state index in [0.29, 0.717) is 18.0 Å². The molecule has 1 atom stereocenters. The van der Waals surface area contributed by atoms with Gasteiger partial charge in [0, 0.05) is 12.7 Å². The van der Waals surface area contributed by atoms with Gasteiger partial charge >= 0.3 is 0 Å². The Bertz CT molecular complexity index is 624. The van der Waals surface area contributed by atoms with Gasteiger partial charge in [-0.15, -0.1) is 0 Å². The second-order valence-corrected chi connectivity index (χ2v) is 6.17. The van der Waals surface area contributed by atoms with Gasteiger partial charge in [-0.05, 0) is 30.7 Å². The summed E-state index contributed by atoms with van der Waals surface area (Å²) in [6, 6.07) is 5.65. The largest absolute Gasteiger partial charge is 0.391 e. The lowest BCUT2D eigenvalue weighted by Crippen LogP contribution is -2.33. The SMILES string of the molecule is CSc1nc(C(=O)NCC(O)CC(C)C)c2ccccn12. The second kappa shape index (κ2) is 6.95. The van der Waals surface area contributed by atoms with Crippen LogP contribution in [0.1, 0.15) is 30.8 Å². The number of pyridine rings is 1. The van der Waals surface area contributed by atoms with Crippen molar-refractivity contribution in [3.05, 3.63) is 30.1 Å². The first kappa shape index (κ1) is 15.9. The highest BCUT2D eigenvalue weighted by Crippen LogP contribution is 2.19. The Kier molecular flexibility index (Phi) is 5.25. The van der Waals surface area contributed by atoms with Gasteiger partial charge in [-0.2, -0.15) is 0 Å². The standard InChI is InChI=1S/C15H21N3O2S/c1-10(2)8-11(19)9-16-14(20)13-12-6-4-5-7-18(12)15(17-13)21-3/h4-7,10-11,19H,8-9H2,1-3H3,(H,16,20). The van der Waals surface area contributed by atoms with Crippen molar-refractivity contribution in [3.63, 3.8) is 0 Å². The molecule has 2 rings (SSSR count). The van der Waals surface area contributed by atoms with E-state index in [9.17, 15) is 9.90 Å². The molecule has 21 heavy (non-hydrogen) atoms. The second-order valence-electron chi connectivity index (χ2n) is 5.40. The summed E-state index contributed by atoms with van der Waals surface area (Å²) in [5, 5.41) is 13.4. The topological polar surface area (TPSA) is 66.6 Å². The van der Waals surface area contributed by atoms with E-state index >= 15 is 0 Å². The molecule has 2 heterocycles. The minimum absolute atomic E-state index is 0.247. The molecule has 2 N–H and O–H groups in total. The van der Waals surface area contributed by atoms with Gasteiger partial charge in [0.2, 0.25) is 0 Å². The predicted octanol–water partition coefficient (Wildman–Crippen LogP) is 2.19. The summed E-state index contributed by atoms with van der Waals surface area (Å²) in [4.78, 5) is 16.6. The first-order chi connectivity index (χ1) is 10.0. The molecule has 2 aromatic heterocycles. The minimum Gasteiger partial charge on any atom is -0.391 e. The molecule has 0 saturated carbocycles. The highest BCUT2D eigenvalue weighted by Gasteiger charge is 2.17. The first-order valence-electron chi connectivity index (χ1n) is 7.00. The Morgan fingerprint density at radius 3 is 2.90 bits per heavy atom. The fourth-order valence-electron chi connectivity index (χ4n) is 2.24. The van der Waals surface area contributed by atoms with Crippen molar-refractivity contribution in [1.29, 1.82) is 0 Å². The van der Waals surface area contributed by atoms with Gasteiger partial charge in [0.15, 0.2) is 10.9 Å². The summed E-state index contributed by atoms with van der Waals surface area (Å²) >= 11 is 1.49. The number of aliphatic hydroxyl groups excluding tert-OH is 1. The molecule has 6 heteroatoms. The fraction of sp³-hybridized carbons (Fsp3) is 0.467. The van der Waals surface area contributed by atoms with Crippen LogP contribution in [0.15, 0.2) is 29.6 Å². The molecule has 0 spiro atoms. The summed E-state index contributed by atoms with van der Waals surface area (Å²) < 4.78 is 1.89. The molecule has 114 valence electrons. The summed E-state index contributed by atoms with van der Waals surface area (Å²) in [5.41, 5.74) is 1.18. The number of carbonyl (C=O) groups excluding carboxylic acids is 1. The van der Waals surface area contributed by atoms with Gasteiger partial charge in [-0.3, -0.25) is 9.20 Å². The molecular formula is C15H21N3O2S. The zero-order valence-corrected chi connectivity index (χ0v) is 13.4. The van der Waals surface area contributed by atoms with Crippen molar-refractivity contribution < 1.29 is 9.90 Å². The Balaban J connectivity index is 2.13. The molecule has 5 nitrogen and oxygen atoms in total. The van der Waals surface area contributed by atoms with E-state index in [2.05, 4.69) is 10.3 Å². The average Bonchev–Trinajstić information content (AvgIpc) is 2.83. The highest BCUT2D eigenvalue weighted by atomic mass is 32.2. The Morgan fingerprint density at radius 2 is 2.24 bits per heavy atom. The lowest BCUT2D eigenvalue weighted by Gasteiger charge is -2.13. The van der Waals surface area contributed by atoms with Crippen molar-refractivity contribution >= 4 is 23.2 Å².